The van der Waals surface area contributed by atoms with Gasteiger partial charge in [0.25, 0.3) is 0 Å². The Kier molecular flexibility index (Phi) is 7.39. The second-order valence-corrected chi connectivity index (χ2v) is 7.63. The highest BCUT2D eigenvalue weighted by atomic mass is 14.9. The third kappa shape index (κ3) is 7.81. The van der Waals surface area contributed by atoms with Gasteiger partial charge in [-0.1, -0.05) is 55.4 Å². The number of rotatable bonds is 7. The normalized spacial score (nSPS) is 16.6. The van der Waals surface area contributed by atoms with Crippen molar-refractivity contribution in [3.63, 3.8) is 0 Å². The first-order valence-electron chi connectivity index (χ1n) is 7.35. The molecule has 0 rings (SSSR count). The Morgan fingerprint density at radius 1 is 0.824 bits per heavy atom. The molecule has 0 aliphatic heterocycles. The maximum Gasteiger partial charge on any atom is -0.00128 e. The summed E-state index contributed by atoms with van der Waals surface area (Å²) in [6.45, 7) is 21.1. The summed E-state index contributed by atoms with van der Waals surface area (Å²) >= 11 is 0. The molecule has 1 N–H and O–H groups in total. The van der Waals surface area contributed by atoms with Gasteiger partial charge in [-0.05, 0) is 48.6 Å². The summed E-state index contributed by atoms with van der Waals surface area (Å²) in [4.78, 5) is 0. The Morgan fingerprint density at radius 3 is 1.71 bits per heavy atom. The zero-order chi connectivity index (χ0) is 13.6. The van der Waals surface area contributed by atoms with Gasteiger partial charge in [0.05, 0.1) is 0 Å². The van der Waals surface area contributed by atoms with Crippen LogP contribution in [0.3, 0.4) is 0 Å². The van der Waals surface area contributed by atoms with Gasteiger partial charge in [-0.3, -0.25) is 0 Å². The van der Waals surface area contributed by atoms with E-state index >= 15 is 0 Å². The highest BCUT2D eigenvalue weighted by Gasteiger charge is 2.29. The standard InChI is InChI=1S/C16H35N/c1-12(2)9-14(5)15(16(6,7)8)11-17-10-13(3)4/h12-15,17H,9-11H2,1-8H3. The van der Waals surface area contributed by atoms with Crippen molar-refractivity contribution in [3.8, 4) is 0 Å². The quantitative estimate of drug-likeness (QED) is 0.688. The molecule has 0 saturated carbocycles. The summed E-state index contributed by atoms with van der Waals surface area (Å²) in [7, 11) is 0. The van der Waals surface area contributed by atoms with Crippen LogP contribution in [0, 0.1) is 29.1 Å². The zero-order valence-electron chi connectivity index (χ0n) is 13.4. The van der Waals surface area contributed by atoms with E-state index in [1.807, 2.05) is 0 Å². The molecule has 17 heavy (non-hydrogen) atoms. The van der Waals surface area contributed by atoms with E-state index in [9.17, 15) is 0 Å². The molecule has 2 unspecified atom stereocenters. The summed E-state index contributed by atoms with van der Waals surface area (Å²) in [5.74, 6) is 3.12. The lowest BCUT2D eigenvalue weighted by atomic mass is 9.71. The Hall–Kier alpha value is -0.0400. The molecule has 0 aliphatic rings. The molecule has 0 fully saturated rings. The topological polar surface area (TPSA) is 12.0 Å². The average molecular weight is 241 g/mol. The molecule has 0 bridgehead atoms. The van der Waals surface area contributed by atoms with Crippen LogP contribution in [0.5, 0.6) is 0 Å². The molecular weight excluding hydrogens is 206 g/mol. The molecule has 0 aliphatic carbocycles. The van der Waals surface area contributed by atoms with Gasteiger partial charge in [0.1, 0.15) is 0 Å². The highest BCUT2D eigenvalue weighted by molar-refractivity contribution is 4.81. The molecule has 0 heterocycles. The SMILES string of the molecule is CC(C)CNCC(C(C)CC(C)C)C(C)(C)C. The van der Waals surface area contributed by atoms with Gasteiger partial charge >= 0.3 is 0 Å². The van der Waals surface area contributed by atoms with Crippen LogP contribution in [0.4, 0.5) is 0 Å². The van der Waals surface area contributed by atoms with Crippen molar-refractivity contribution in [3.05, 3.63) is 0 Å². The van der Waals surface area contributed by atoms with Crippen molar-refractivity contribution in [2.75, 3.05) is 13.1 Å². The Bertz CT molecular complexity index is 188. The summed E-state index contributed by atoms with van der Waals surface area (Å²) in [6, 6.07) is 0. The minimum absolute atomic E-state index is 0.401. The van der Waals surface area contributed by atoms with Crippen LogP contribution in [-0.2, 0) is 0 Å². The lowest BCUT2D eigenvalue weighted by Crippen LogP contribution is -2.37. The maximum absolute atomic E-state index is 3.65. The molecule has 104 valence electrons. The molecule has 0 radical (unpaired) electrons. The lowest BCUT2D eigenvalue weighted by molar-refractivity contribution is 0.146. The number of nitrogens with one attached hydrogen (secondary N) is 1. The van der Waals surface area contributed by atoms with Gasteiger partial charge in [0.15, 0.2) is 0 Å². The first-order chi connectivity index (χ1) is 7.64. The Balaban J connectivity index is 4.34. The van der Waals surface area contributed by atoms with E-state index < -0.39 is 0 Å². The van der Waals surface area contributed by atoms with Gasteiger partial charge in [0.2, 0.25) is 0 Å². The second-order valence-electron chi connectivity index (χ2n) is 7.63. The third-order valence-corrected chi connectivity index (χ3v) is 3.56. The molecule has 1 nitrogen and oxygen atoms in total. The Morgan fingerprint density at radius 2 is 1.35 bits per heavy atom. The van der Waals surface area contributed by atoms with Crippen LogP contribution in [0.15, 0.2) is 0 Å². The fourth-order valence-electron chi connectivity index (χ4n) is 2.80. The molecule has 0 spiro atoms. The molecule has 0 aromatic rings. The van der Waals surface area contributed by atoms with Crippen molar-refractivity contribution in [1.82, 2.24) is 5.32 Å². The van der Waals surface area contributed by atoms with Crippen molar-refractivity contribution >= 4 is 0 Å². The molecule has 0 aromatic carbocycles. The first-order valence-corrected chi connectivity index (χ1v) is 7.35. The van der Waals surface area contributed by atoms with Crippen molar-refractivity contribution < 1.29 is 0 Å². The van der Waals surface area contributed by atoms with Crippen molar-refractivity contribution in [1.29, 1.82) is 0 Å². The minimum atomic E-state index is 0.401. The predicted octanol–water partition coefficient (Wildman–Crippen LogP) is 4.58. The third-order valence-electron chi connectivity index (χ3n) is 3.56. The van der Waals surface area contributed by atoms with Crippen LogP contribution in [-0.4, -0.2) is 13.1 Å². The zero-order valence-corrected chi connectivity index (χ0v) is 13.4. The number of hydrogen-bond donors (Lipinski definition) is 1. The van der Waals surface area contributed by atoms with Crippen LogP contribution >= 0.6 is 0 Å². The Labute approximate surface area is 110 Å². The highest BCUT2D eigenvalue weighted by Crippen LogP contribution is 2.34. The van der Waals surface area contributed by atoms with E-state index in [1.54, 1.807) is 0 Å². The van der Waals surface area contributed by atoms with Gasteiger partial charge < -0.3 is 5.32 Å². The molecular formula is C16H35N. The van der Waals surface area contributed by atoms with Gasteiger partial charge in [-0.15, -0.1) is 0 Å². The predicted molar refractivity (Wildman–Crippen MR) is 79.3 cm³/mol. The molecule has 0 amide bonds. The summed E-state index contributed by atoms with van der Waals surface area (Å²) in [5.41, 5.74) is 0.401. The molecule has 0 aromatic heterocycles. The lowest BCUT2D eigenvalue weighted by Gasteiger charge is -2.37. The fourth-order valence-corrected chi connectivity index (χ4v) is 2.80. The smallest absolute Gasteiger partial charge is 0.00128 e. The summed E-state index contributed by atoms with van der Waals surface area (Å²) in [5, 5.41) is 3.65. The van der Waals surface area contributed by atoms with Crippen molar-refractivity contribution in [2.24, 2.45) is 29.1 Å². The van der Waals surface area contributed by atoms with E-state index in [0.717, 1.165) is 36.8 Å². The van der Waals surface area contributed by atoms with Crippen LogP contribution in [0.1, 0.15) is 61.8 Å². The number of hydrogen-bond acceptors (Lipinski definition) is 1. The van der Waals surface area contributed by atoms with Crippen LogP contribution in [0.25, 0.3) is 0 Å². The second kappa shape index (κ2) is 7.41. The van der Waals surface area contributed by atoms with Crippen LogP contribution < -0.4 is 5.32 Å². The molecule has 1 heteroatoms. The van der Waals surface area contributed by atoms with E-state index in [4.69, 9.17) is 0 Å². The van der Waals surface area contributed by atoms with E-state index in [0.29, 0.717) is 5.41 Å². The maximum atomic E-state index is 3.65. The van der Waals surface area contributed by atoms with E-state index in [-0.39, 0.29) is 0 Å². The van der Waals surface area contributed by atoms with Gasteiger partial charge in [-0.25, -0.2) is 0 Å². The molecule has 2 atom stereocenters. The summed E-state index contributed by atoms with van der Waals surface area (Å²) < 4.78 is 0. The summed E-state index contributed by atoms with van der Waals surface area (Å²) in [6.07, 6.45) is 1.34. The fraction of sp³-hybridized carbons (Fsp3) is 1.00. The van der Waals surface area contributed by atoms with Crippen LogP contribution in [0.2, 0.25) is 0 Å². The van der Waals surface area contributed by atoms with E-state index in [2.05, 4.69) is 60.7 Å². The average Bonchev–Trinajstić information content (AvgIpc) is 2.08. The van der Waals surface area contributed by atoms with Gasteiger partial charge in [-0.2, -0.15) is 0 Å². The largest absolute Gasteiger partial charge is 0.316 e. The molecule has 0 saturated heterocycles. The first kappa shape index (κ1) is 17.0. The monoisotopic (exact) mass is 241 g/mol. The van der Waals surface area contributed by atoms with Crippen molar-refractivity contribution in [2.45, 2.75) is 61.8 Å². The van der Waals surface area contributed by atoms with Gasteiger partial charge in [0, 0.05) is 0 Å². The minimum Gasteiger partial charge on any atom is -0.316 e. The van der Waals surface area contributed by atoms with E-state index in [1.165, 1.54) is 6.42 Å².